The van der Waals surface area contributed by atoms with Gasteiger partial charge in [0.1, 0.15) is 5.75 Å². The molecular weight excluding hydrogens is 242 g/mol. The molecule has 96 valence electrons. The number of rotatable bonds is 4. The third-order valence-electron chi connectivity index (χ3n) is 3.12. The number of hydrogen-bond donors (Lipinski definition) is 2. The van der Waals surface area contributed by atoms with Gasteiger partial charge in [0.05, 0.1) is 0 Å². The predicted molar refractivity (Wildman–Crippen MR) is 77.1 cm³/mol. The summed E-state index contributed by atoms with van der Waals surface area (Å²) in [6.07, 6.45) is 0. The molecule has 0 aliphatic heterocycles. The molecule has 18 heavy (non-hydrogen) atoms. The Balaban J connectivity index is 2.12. The zero-order valence-corrected chi connectivity index (χ0v) is 11.8. The maximum Gasteiger partial charge on any atom is 0.120 e. The van der Waals surface area contributed by atoms with E-state index in [1.807, 2.05) is 19.1 Å². The number of phenolic OH excluding ortho intramolecular Hbond substituents is 1. The third kappa shape index (κ3) is 2.92. The quantitative estimate of drug-likeness (QED) is 0.865. The normalized spacial score (nSPS) is 14.4. The largest absolute Gasteiger partial charge is 0.508 e. The van der Waals surface area contributed by atoms with Crippen molar-refractivity contribution < 1.29 is 5.11 Å². The van der Waals surface area contributed by atoms with Crippen molar-refractivity contribution in [3.63, 3.8) is 0 Å². The summed E-state index contributed by atoms with van der Waals surface area (Å²) in [7, 11) is 0. The second-order valence-corrected chi connectivity index (χ2v) is 5.67. The van der Waals surface area contributed by atoms with Crippen LogP contribution in [0, 0.1) is 6.92 Å². The van der Waals surface area contributed by atoms with Crippen molar-refractivity contribution in [2.75, 3.05) is 0 Å². The second kappa shape index (κ2) is 5.55. The number of aromatic hydroxyl groups is 1. The van der Waals surface area contributed by atoms with Crippen LogP contribution < -0.4 is 5.32 Å². The number of benzene rings is 1. The van der Waals surface area contributed by atoms with Gasteiger partial charge in [-0.15, -0.1) is 11.3 Å². The van der Waals surface area contributed by atoms with Crippen molar-refractivity contribution in [2.45, 2.75) is 32.9 Å². The van der Waals surface area contributed by atoms with Gasteiger partial charge in [-0.25, -0.2) is 0 Å². The summed E-state index contributed by atoms with van der Waals surface area (Å²) in [6, 6.07) is 10.3. The van der Waals surface area contributed by atoms with Gasteiger partial charge < -0.3 is 10.4 Å². The van der Waals surface area contributed by atoms with E-state index in [4.69, 9.17) is 0 Å². The van der Waals surface area contributed by atoms with Crippen LogP contribution in [0.5, 0.6) is 5.75 Å². The van der Waals surface area contributed by atoms with Crippen molar-refractivity contribution in [3.8, 4) is 5.75 Å². The van der Waals surface area contributed by atoms with Crippen LogP contribution in [0.2, 0.25) is 0 Å². The zero-order valence-electron chi connectivity index (χ0n) is 11.0. The molecule has 0 fully saturated rings. The minimum atomic E-state index is 0.127. The summed E-state index contributed by atoms with van der Waals surface area (Å²) in [5, 5.41) is 15.5. The molecule has 1 aromatic heterocycles. The first kappa shape index (κ1) is 13.1. The lowest BCUT2D eigenvalue weighted by molar-refractivity contribution is 0.439. The van der Waals surface area contributed by atoms with E-state index < -0.39 is 0 Å². The highest BCUT2D eigenvalue weighted by Gasteiger charge is 2.14. The lowest BCUT2D eigenvalue weighted by Gasteiger charge is -2.20. The monoisotopic (exact) mass is 261 g/mol. The highest BCUT2D eigenvalue weighted by Crippen LogP contribution is 2.28. The molecule has 0 aliphatic rings. The Morgan fingerprint density at radius 1 is 1.17 bits per heavy atom. The second-order valence-electron chi connectivity index (χ2n) is 4.69. The van der Waals surface area contributed by atoms with Gasteiger partial charge in [0.25, 0.3) is 0 Å². The number of aryl methyl sites for hydroxylation is 1. The Morgan fingerprint density at radius 3 is 2.61 bits per heavy atom. The number of thiophene rings is 1. The summed E-state index contributed by atoms with van der Waals surface area (Å²) < 4.78 is 0. The maximum absolute atomic E-state index is 9.91. The Hall–Kier alpha value is -1.32. The van der Waals surface area contributed by atoms with E-state index in [-0.39, 0.29) is 6.04 Å². The lowest BCUT2D eigenvalue weighted by Crippen LogP contribution is -2.21. The van der Waals surface area contributed by atoms with Gasteiger partial charge >= 0.3 is 0 Å². The van der Waals surface area contributed by atoms with Crippen LogP contribution in [0.4, 0.5) is 0 Å². The van der Waals surface area contributed by atoms with Gasteiger partial charge in [-0.1, -0.05) is 23.8 Å². The van der Waals surface area contributed by atoms with Crippen LogP contribution >= 0.6 is 11.3 Å². The molecule has 2 N–H and O–H groups in total. The summed E-state index contributed by atoms with van der Waals surface area (Å²) in [5.74, 6) is 0.360. The summed E-state index contributed by atoms with van der Waals surface area (Å²) in [4.78, 5) is 1.31. The fraction of sp³-hybridized carbons (Fsp3) is 0.333. The van der Waals surface area contributed by atoms with Crippen molar-refractivity contribution >= 4 is 11.3 Å². The van der Waals surface area contributed by atoms with Gasteiger partial charge in [0.15, 0.2) is 0 Å². The lowest BCUT2D eigenvalue weighted by atomic mass is 10.0. The van der Waals surface area contributed by atoms with Crippen LogP contribution in [0.15, 0.2) is 35.7 Å². The van der Waals surface area contributed by atoms with Crippen LogP contribution in [0.3, 0.4) is 0 Å². The number of hydrogen-bond acceptors (Lipinski definition) is 3. The standard InChI is InChI=1S/C15H19NOS/c1-10-6-7-14(17)13(9-10)11(2)16-12(3)15-5-4-8-18-15/h4-9,11-12,16-17H,1-3H3. The fourth-order valence-corrected chi connectivity index (χ4v) is 2.85. The highest BCUT2D eigenvalue weighted by molar-refractivity contribution is 7.10. The molecule has 2 atom stereocenters. The van der Waals surface area contributed by atoms with Gasteiger partial charge in [0.2, 0.25) is 0 Å². The van der Waals surface area contributed by atoms with E-state index in [9.17, 15) is 5.11 Å². The molecule has 2 aromatic rings. The SMILES string of the molecule is Cc1ccc(O)c(C(C)NC(C)c2cccs2)c1. The Morgan fingerprint density at radius 2 is 1.94 bits per heavy atom. The average Bonchev–Trinajstić information content (AvgIpc) is 2.85. The van der Waals surface area contributed by atoms with Gasteiger partial charge in [-0.3, -0.25) is 0 Å². The molecule has 1 aromatic carbocycles. The van der Waals surface area contributed by atoms with Gasteiger partial charge in [-0.2, -0.15) is 0 Å². The molecule has 0 saturated heterocycles. The van der Waals surface area contributed by atoms with Crippen LogP contribution in [0.1, 0.15) is 41.9 Å². The molecular formula is C15H19NOS. The first-order valence-electron chi connectivity index (χ1n) is 6.17. The molecule has 2 nitrogen and oxygen atoms in total. The molecule has 0 bridgehead atoms. The van der Waals surface area contributed by atoms with Crippen molar-refractivity contribution in [3.05, 3.63) is 51.7 Å². The third-order valence-corrected chi connectivity index (χ3v) is 4.17. The molecule has 3 heteroatoms. The number of phenols is 1. The molecule has 2 rings (SSSR count). The Bertz CT molecular complexity index is 507. The average molecular weight is 261 g/mol. The van der Waals surface area contributed by atoms with E-state index in [0.717, 1.165) is 5.56 Å². The van der Waals surface area contributed by atoms with E-state index in [2.05, 4.69) is 36.7 Å². The van der Waals surface area contributed by atoms with Crippen molar-refractivity contribution in [2.24, 2.45) is 0 Å². The Labute approximate surface area is 112 Å². The zero-order chi connectivity index (χ0) is 13.1. The van der Waals surface area contributed by atoms with E-state index in [1.54, 1.807) is 17.4 Å². The molecule has 0 radical (unpaired) electrons. The van der Waals surface area contributed by atoms with E-state index in [1.165, 1.54) is 10.4 Å². The van der Waals surface area contributed by atoms with Gasteiger partial charge in [0, 0.05) is 22.5 Å². The van der Waals surface area contributed by atoms with Crippen LogP contribution in [0.25, 0.3) is 0 Å². The molecule has 0 saturated carbocycles. The molecule has 1 heterocycles. The highest BCUT2D eigenvalue weighted by atomic mass is 32.1. The Kier molecular flexibility index (Phi) is 4.04. The smallest absolute Gasteiger partial charge is 0.120 e. The topological polar surface area (TPSA) is 32.3 Å². The minimum absolute atomic E-state index is 0.127. The molecule has 2 unspecified atom stereocenters. The summed E-state index contributed by atoms with van der Waals surface area (Å²) in [5.41, 5.74) is 2.12. The van der Waals surface area contributed by atoms with Crippen LogP contribution in [-0.2, 0) is 0 Å². The predicted octanol–water partition coefficient (Wildman–Crippen LogP) is 4.17. The van der Waals surface area contributed by atoms with Gasteiger partial charge in [-0.05, 0) is 38.3 Å². The summed E-state index contributed by atoms with van der Waals surface area (Å²) >= 11 is 1.75. The van der Waals surface area contributed by atoms with Crippen molar-refractivity contribution in [1.82, 2.24) is 5.32 Å². The van der Waals surface area contributed by atoms with E-state index >= 15 is 0 Å². The van der Waals surface area contributed by atoms with E-state index in [0.29, 0.717) is 11.8 Å². The first-order valence-corrected chi connectivity index (χ1v) is 7.05. The number of nitrogens with one attached hydrogen (secondary N) is 1. The van der Waals surface area contributed by atoms with Crippen LogP contribution in [-0.4, -0.2) is 5.11 Å². The molecule has 0 aliphatic carbocycles. The summed E-state index contributed by atoms with van der Waals surface area (Å²) in [6.45, 7) is 6.27. The molecule has 0 amide bonds. The minimum Gasteiger partial charge on any atom is -0.508 e. The molecule has 0 spiro atoms. The first-order chi connectivity index (χ1) is 8.58. The fourth-order valence-electron chi connectivity index (χ4n) is 2.11. The maximum atomic E-state index is 9.91. The van der Waals surface area contributed by atoms with Crippen molar-refractivity contribution in [1.29, 1.82) is 0 Å².